The minimum atomic E-state index is -0.197. The summed E-state index contributed by atoms with van der Waals surface area (Å²) >= 11 is 0. The summed E-state index contributed by atoms with van der Waals surface area (Å²) in [6, 6.07) is 0.557. The summed E-state index contributed by atoms with van der Waals surface area (Å²) in [6.45, 7) is 5.44. The van der Waals surface area contributed by atoms with Gasteiger partial charge in [-0.1, -0.05) is 0 Å². The van der Waals surface area contributed by atoms with Crippen LogP contribution in [0.15, 0.2) is 4.99 Å². The molecule has 1 aliphatic heterocycles. The van der Waals surface area contributed by atoms with Gasteiger partial charge in [0.05, 0.1) is 12.6 Å². The van der Waals surface area contributed by atoms with Gasteiger partial charge in [-0.2, -0.15) is 0 Å². The Balaban J connectivity index is 1.95. The maximum absolute atomic E-state index is 9.65. The minimum absolute atomic E-state index is 0.197. The summed E-state index contributed by atoms with van der Waals surface area (Å²) in [4.78, 5) is 9.26. The van der Waals surface area contributed by atoms with Gasteiger partial charge in [0.25, 0.3) is 0 Å². The van der Waals surface area contributed by atoms with Crippen LogP contribution in [-0.4, -0.2) is 73.3 Å². The first-order valence-corrected chi connectivity index (χ1v) is 7.49. The quantitative estimate of drug-likeness (QED) is 0.558. The van der Waals surface area contributed by atoms with Crippen LogP contribution in [0.1, 0.15) is 26.2 Å². The molecule has 0 aromatic carbocycles. The van der Waals surface area contributed by atoms with Crippen molar-refractivity contribution in [3.8, 4) is 0 Å². The standard InChI is InChI=1S/C14H28N4O/c1-4-15-14(18-8-7-12(19)10-18)16-9-13(17(2)3)11-5-6-11/h11-13,19H,4-10H2,1-3H3,(H,15,16)/t12-,13?/m1/s1. The molecule has 1 saturated heterocycles. The van der Waals surface area contributed by atoms with Gasteiger partial charge < -0.3 is 20.2 Å². The van der Waals surface area contributed by atoms with Crippen molar-refractivity contribution < 1.29 is 5.11 Å². The van der Waals surface area contributed by atoms with E-state index in [9.17, 15) is 5.11 Å². The zero-order valence-corrected chi connectivity index (χ0v) is 12.5. The molecule has 0 aromatic heterocycles. The Morgan fingerprint density at radius 2 is 2.16 bits per heavy atom. The van der Waals surface area contributed by atoms with Crippen molar-refractivity contribution in [3.05, 3.63) is 0 Å². The van der Waals surface area contributed by atoms with Crippen molar-refractivity contribution in [2.75, 3.05) is 40.3 Å². The summed E-state index contributed by atoms with van der Waals surface area (Å²) in [5, 5.41) is 13.0. The van der Waals surface area contributed by atoms with Crippen molar-refractivity contribution >= 4 is 5.96 Å². The maximum Gasteiger partial charge on any atom is 0.194 e. The molecular weight excluding hydrogens is 240 g/mol. The van der Waals surface area contributed by atoms with Crippen LogP contribution in [0.2, 0.25) is 0 Å². The lowest BCUT2D eigenvalue weighted by atomic mass is 10.2. The van der Waals surface area contributed by atoms with Gasteiger partial charge in [-0.25, -0.2) is 0 Å². The van der Waals surface area contributed by atoms with E-state index < -0.39 is 0 Å². The molecule has 2 N–H and O–H groups in total. The third-order valence-electron chi connectivity index (χ3n) is 4.06. The number of aliphatic imine (C=N–C) groups is 1. The number of likely N-dealkylation sites (N-methyl/N-ethyl adjacent to an activating group) is 1. The van der Waals surface area contributed by atoms with Gasteiger partial charge in [0.1, 0.15) is 0 Å². The lowest BCUT2D eigenvalue weighted by Crippen LogP contribution is -2.42. The fourth-order valence-corrected chi connectivity index (χ4v) is 2.76. The topological polar surface area (TPSA) is 51.1 Å². The summed E-state index contributed by atoms with van der Waals surface area (Å²) in [6.07, 6.45) is 3.34. The van der Waals surface area contributed by atoms with Crippen LogP contribution in [0.25, 0.3) is 0 Å². The Labute approximate surface area is 116 Å². The Kier molecular flexibility index (Phi) is 5.05. The summed E-state index contributed by atoms with van der Waals surface area (Å²) in [5.41, 5.74) is 0. The lowest BCUT2D eigenvalue weighted by molar-refractivity contribution is 0.187. The van der Waals surface area contributed by atoms with Crippen molar-refractivity contribution in [1.29, 1.82) is 0 Å². The molecule has 0 radical (unpaired) electrons. The predicted molar refractivity (Wildman–Crippen MR) is 78.4 cm³/mol. The Bertz CT molecular complexity index is 313. The van der Waals surface area contributed by atoms with Gasteiger partial charge in [0, 0.05) is 25.7 Å². The highest BCUT2D eigenvalue weighted by atomic mass is 16.3. The maximum atomic E-state index is 9.65. The largest absolute Gasteiger partial charge is 0.391 e. The molecule has 0 bridgehead atoms. The second-order valence-electron chi connectivity index (χ2n) is 5.95. The molecule has 2 fully saturated rings. The second kappa shape index (κ2) is 6.57. The highest BCUT2D eigenvalue weighted by Gasteiger charge is 2.32. The first-order chi connectivity index (χ1) is 9.11. The number of likely N-dealkylation sites (tertiary alicyclic amines) is 1. The monoisotopic (exact) mass is 268 g/mol. The molecular formula is C14H28N4O. The summed E-state index contributed by atoms with van der Waals surface area (Å²) in [5.74, 6) is 1.79. The smallest absolute Gasteiger partial charge is 0.194 e. The number of aliphatic hydroxyl groups is 1. The van der Waals surface area contributed by atoms with E-state index in [1.807, 2.05) is 0 Å². The van der Waals surface area contributed by atoms with Gasteiger partial charge in [0.2, 0.25) is 0 Å². The average molecular weight is 268 g/mol. The lowest BCUT2D eigenvalue weighted by Gasteiger charge is -2.25. The fraction of sp³-hybridized carbons (Fsp3) is 0.929. The minimum Gasteiger partial charge on any atom is -0.391 e. The van der Waals surface area contributed by atoms with Crippen molar-refractivity contribution in [2.24, 2.45) is 10.9 Å². The number of hydrogen-bond donors (Lipinski definition) is 2. The van der Waals surface area contributed by atoms with E-state index in [0.717, 1.165) is 37.9 Å². The third-order valence-corrected chi connectivity index (χ3v) is 4.06. The number of hydrogen-bond acceptors (Lipinski definition) is 3. The van der Waals surface area contributed by atoms with Gasteiger partial charge in [-0.15, -0.1) is 0 Å². The van der Waals surface area contributed by atoms with E-state index in [1.54, 1.807) is 0 Å². The SMILES string of the molecule is CCNC(=NCC(C1CC1)N(C)C)N1CC[C@@H](O)C1. The van der Waals surface area contributed by atoms with Crippen LogP contribution in [0.3, 0.4) is 0 Å². The van der Waals surface area contributed by atoms with Crippen LogP contribution in [0.5, 0.6) is 0 Å². The van der Waals surface area contributed by atoms with Gasteiger partial charge in [-0.3, -0.25) is 4.99 Å². The molecule has 5 nitrogen and oxygen atoms in total. The number of nitrogens with one attached hydrogen (secondary N) is 1. The van der Waals surface area contributed by atoms with Crippen molar-refractivity contribution in [2.45, 2.75) is 38.3 Å². The first kappa shape index (κ1) is 14.6. The van der Waals surface area contributed by atoms with Gasteiger partial charge in [0.15, 0.2) is 5.96 Å². The Morgan fingerprint density at radius 1 is 1.42 bits per heavy atom. The van der Waals surface area contributed by atoms with Crippen molar-refractivity contribution in [3.63, 3.8) is 0 Å². The zero-order valence-electron chi connectivity index (χ0n) is 12.5. The van der Waals surface area contributed by atoms with Gasteiger partial charge in [-0.05, 0) is 46.2 Å². The number of aliphatic hydroxyl groups excluding tert-OH is 1. The van der Waals surface area contributed by atoms with Crippen LogP contribution < -0.4 is 5.32 Å². The van der Waals surface area contributed by atoms with E-state index >= 15 is 0 Å². The molecule has 110 valence electrons. The molecule has 2 rings (SSSR count). The average Bonchev–Trinajstić information content (AvgIpc) is 3.10. The van der Waals surface area contributed by atoms with Crippen LogP contribution in [0, 0.1) is 5.92 Å². The Hall–Kier alpha value is -0.810. The molecule has 0 aromatic rings. The molecule has 5 heteroatoms. The Morgan fingerprint density at radius 3 is 2.63 bits per heavy atom. The molecule has 2 aliphatic rings. The predicted octanol–water partition coefficient (Wildman–Crippen LogP) is 0.359. The number of rotatable bonds is 5. The molecule has 1 aliphatic carbocycles. The highest BCUT2D eigenvalue weighted by molar-refractivity contribution is 5.80. The molecule has 1 unspecified atom stereocenters. The molecule has 2 atom stereocenters. The summed E-state index contributed by atoms with van der Waals surface area (Å²) in [7, 11) is 4.29. The van der Waals surface area contributed by atoms with Crippen LogP contribution in [-0.2, 0) is 0 Å². The van der Waals surface area contributed by atoms with Crippen LogP contribution >= 0.6 is 0 Å². The first-order valence-electron chi connectivity index (χ1n) is 7.49. The third kappa shape index (κ3) is 4.08. The van der Waals surface area contributed by atoms with E-state index in [4.69, 9.17) is 4.99 Å². The molecule has 1 saturated carbocycles. The van der Waals surface area contributed by atoms with E-state index in [2.05, 4.69) is 36.1 Å². The fourth-order valence-electron chi connectivity index (χ4n) is 2.76. The molecule has 0 amide bonds. The van der Waals surface area contributed by atoms with E-state index in [-0.39, 0.29) is 6.10 Å². The zero-order chi connectivity index (χ0) is 13.8. The normalized spacial score (nSPS) is 26.1. The van der Waals surface area contributed by atoms with Crippen LogP contribution in [0.4, 0.5) is 0 Å². The highest BCUT2D eigenvalue weighted by Crippen LogP contribution is 2.34. The number of nitrogens with zero attached hydrogens (tertiary/aromatic N) is 3. The number of guanidine groups is 1. The molecule has 19 heavy (non-hydrogen) atoms. The molecule has 0 spiro atoms. The summed E-state index contributed by atoms with van der Waals surface area (Å²) < 4.78 is 0. The second-order valence-corrected chi connectivity index (χ2v) is 5.95. The van der Waals surface area contributed by atoms with Crippen molar-refractivity contribution in [1.82, 2.24) is 15.1 Å². The molecule has 1 heterocycles. The van der Waals surface area contributed by atoms with E-state index in [1.165, 1.54) is 12.8 Å². The number of β-amino-alcohol motifs (C(OH)–C–C–N with tert-alkyl or cyclic N) is 1. The van der Waals surface area contributed by atoms with E-state index in [0.29, 0.717) is 12.6 Å². The van der Waals surface area contributed by atoms with Gasteiger partial charge >= 0.3 is 0 Å².